The van der Waals surface area contributed by atoms with Crippen molar-refractivity contribution in [2.24, 2.45) is 5.41 Å². The van der Waals surface area contributed by atoms with E-state index in [9.17, 15) is 0 Å². The third-order valence-electron chi connectivity index (χ3n) is 5.89. The Kier molecular flexibility index (Phi) is 5.33. The smallest absolute Gasteiger partial charge is 0.0730 e. The van der Waals surface area contributed by atoms with E-state index in [-0.39, 0.29) is 0 Å². The summed E-state index contributed by atoms with van der Waals surface area (Å²) in [4.78, 5) is 2.79. The first-order valence-corrected chi connectivity index (χ1v) is 9.43. The predicted octanol–water partition coefficient (Wildman–Crippen LogP) is 3.90. The van der Waals surface area contributed by atoms with Crippen molar-refractivity contribution in [3.8, 4) is 0 Å². The van der Waals surface area contributed by atoms with Gasteiger partial charge in [0.25, 0.3) is 0 Å². The zero-order valence-corrected chi connectivity index (χ0v) is 13.8. The van der Waals surface area contributed by atoms with Crippen LogP contribution in [0.25, 0.3) is 0 Å². The van der Waals surface area contributed by atoms with Crippen LogP contribution < -0.4 is 0 Å². The lowest BCUT2D eigenvalue weighted by Crippen LogP contribution is -2.55. The van der Waals surface area contributed by atoms with Crippen molar-refractivity contribution in [2.75, 3.05) is 25.4 Å². The maximum atomic E-state index is 6.03. The molecule has 116 valence electrons. The highest BCUT2D eigenvalue weighted by atomic mass is 32.1. The van der Waals surface area contributed by atoms with Gasteiger partial charge in [-0.1, -0.05) is 38.5 Å². The molecule has 1 heterocycles. The van der Waals surface area contributed by atoms with Crippen molar-refractivity contribution in [2.45, 2.75) is 76.4 Å². The van der Waals surface area contributed by atoms with Crippen LogP contribution in [0.15, 0.2) is 0 Å². The van der Waals surface area contributed by atoms with Crippen molar-refractivity contribution in [3.63, 3.8) is 0 Å². The van der Waals surface area contributed by atoms with Crippen LogP contribution in [0.1, 0.15) is 64.2 Å². The molecule has 2 unspecified atom stereocenters. The molecular weight excluding hydrogens is 266 g/mol. The summed E-state index contributed by atoms with van der Waals surface area (Å²) in [5, 5.41) is 0. The lowest BCUT2D eigenvalue weighted by molar-refractivity contribution is -0.0983. The first-order valence-electron chi connectivity index (χ1n) is 8.80. The molecule has 3 rings (SSSR count). The van der Waals surface area contributed by atoms with Crippen LogP contribution in [0.2, 0.25) is 0 Å². The van der Waals surface area contributed by atoms with Gasteiger partial charge in [0.15, 0.2) is 0 Å². The molecule has 2 saturated carbocycles. The molecule has 0 bridgehead atoms. The van der Waals surface area contributed by atoms with Crippen LogP contribution in [-0.2, 0) is 4.74 Å². The number of ether oxygens (including phenoxy) is 1. The summed E-state index contributed by atoms with van der Waals surface area (Å²) >= 11 is 4.76. The SMILES string of the molecule is SCC1(CN2CCOC3CCCCC32)CCCCCC1. The molecule has 1 aliphatic heterocycles. The largest absolute Gasteiger partial charge is 0.375 e. The van der Waals surface area contributed by atoms with E-state index in [2.05, 4.69) is 4.90 Å². The van der Waals surface area contributed by atoms with Gasteiger partial charge in [-0.15, -0.1) is 0 Å². The van der Waals surface area contributed by atoms with Crippen LogP contribution in [0.5, 0.6) is 0 Å². The Morgan fingerprint density at radius 1 is 1.00 bits per heavy atom. The van der Waals surface area contributed by atoms with E-state index in [4.69, 9.17) is 17.4 Å². The van der Waals surface area contributed by atoms with Crippen LogP contribution in [0, 0.1) is 5.41 Å². The third-order valence-corrected chi connectivity index (χ3v) is 6.56. The fourth-order valence-corrected chi connectivity index (χ4v) is 5.06. The zero-order valence-electron chi connectivity index (χ0n) is 12.9. The fourth-order valence-electron chi connectivity index (χ4n) is 4.65. The molecule has 20 heavy (non-hydrogen) atoms. The number of hydrogen-bond acceptors (Lipinski definition) is 3. The second-order valence-corrected chi connectivity index (χ2v) is 7.62. The summed E-state index contributed by atoms with van der Waals surface area (Å²) in [6.07, 6.45) is 14.4. The number of fused-ring (bicyclic) bond motifs is 1. The van der Waals surface area contributed by atoms with E-state index in [0.29, 0.717) is 17.6 Å². The predicted molar refractivity (Wildman–Crippen MR) is 87.6 cm³/mol. The average molecular weight is 298 g/mol. The number of hydrogen-bond donors (Lipinski definition) is 1. The number of rotatable bonds is 3. The second kappa shape index (κ2) is 7.02. The van der Waals surface area contributed by atoms with Crippen molar-refractivity contribution in [1.82, 2.24) is 4.90 Å². The van der Waals surface area contributed by atoms with Gasteiger partial charge >= 0.3 is 0 Å². The minimum absolute atomic E-state index is 0.485. The number of thiol groups is 1. The molecule has 0 amide bonds. The maximum absolute atomic E-state index is 6.03. The van der Waals surface area contributed by atoms with Crippen LogP contribution in [0.3, 0.4) is 0 Å². The summed E-state index contributed by atoms with van der Waals surface area (Å²) in [5.41, 5.74) is 0.485. The molecule has 2 atom stereocenters. The standard InChI is InChI=1S/C17H31NOS/c20-14-17(9-5-1-2-6-10-17)13-18-11-12-19-16-8-4-3-7-15(16)18/h15-16,20H,1-14H2. The fraction of sp³-hybridized carbons (Fsp3) is 1.00. The molecule has 2 aliphatic carbocycles. The van der Waals surface area contributed by atoms with Crippen molar-refractivity contribution in [3.05, 3.63) is 0 Å². The Morgan fingerprint density at radius 2 is 1.75 bits per heavy atom. The van der Waals surface area contributed by atoms with Crippen LogP contribution >= 0.6 is 12.6 Å². The third kappa shape index (κ3) is 3.36. The highest BCUT2D eigenvalue weighted by Crippen LogP contribution is 2.39. The van der Waals surface area contributed by atoms with E-state index >= 15 is 0 Å². The zero-order chi connectivity index (χ0) is 13.8. The second-order valence-electron chi connectivity index (χ2n) is 7.30. The first kappa shape index (κ1) is 15.2. The van der Waals surface area contributed by atoms with Gasteiger partial charge in [-0.2, -0.15) is 12.6 Å². The Labute approximate surface area is 130 Å². The van der Waals surface area contributed by atoms with E-state index in [1.807, 2.05) is 0 Å². The van der Waals surface area contributed by atoms with Gasteiger partial charge < -0.3 is 4.74 Å². The molecule has 0 aromatic carbocycles. The molecule has 1 saturated heterocycles. The van der Waals surface area contributed by atoms with Gasteiger partial charge in [0, 0.05) is 19.1 Å². The van der Waals surface area contributed by atoms with Crippen LogP contribution in [0.4, 0.5) is 0 Å². The van der Waals surface area contributed by atoms with E-state index in [1.54, 1.807) is 0 Å². The van der Waals surface area contributed by atoms with Gasteiger partial charge in [0.05, 0.1) is 12.7 Å². The summed E-state index contributed by atoms with van der Waals surface area (Å²) in [6, 6.07) is 0.706. The van der Waals surface area contributed by atoms with Gasteiger partial charge in [0.1, 0.15) is 0 Å². The quantitative estimate of drug-likeness (QED) is 0.626. The molecule has 0 radical (unpaired) electrons. The Morgan fingerprint density at radius 3 is 2.50 bits per heavy atom. The van der Waals surface area contributed by atoms with Gasteiger partial charge in [-0.25, -0.2) is 0 Å². The molecule has 0 aromatic rings. The van der Waals surface area contributed by atoms with Crippen molar-refractivity contribution in [1.29, 1.82) is 0 Å². The topological polar surface area (TPSA) is 12.5 Å². The first-order chi connectivity index (χ1) is 9.83. The summed E-state index contributed by atoms with van der Waals surface area (Å²) in [7, 11) is 0. The van der Waals surface area contributed by atoms with E-state index < -0.39 is 0 Å². The normalized spacial score (nSPS) is 35.2. The molecule has 2 nitrogen and oxygen atoms in total. The number of nitrogens with zero attached hydrogens (tertiary/aromatic N) is 1. The Balaban J connectivity index is 1.67. The molecular formula is C17H31NOS. The lowest BCUT2D eigenvalue weighted by atomic mass is 9.80. The minimum Gasteiger partial charge on any atom is -0.375 e. The molecule has 3 aliphatic rings. The Hall–Kier alpha value is 0.270. The maximum Gasteiger partial charge on any atom is 0.0730 e. The highest BCUT2D eigenvalue weighted by molar-refractivity contribution is 7.80. The molecule has 3 heteroatoms. The van der Waals surface area contributed by atoms with Crippen molar-refractivity contribution >= 4 is 12.6 Å². The molecule has 0 N–H and O–H groups in total. The average Bonchev–Trinajstić information content (AvgIpc) is 2.74. The summed E-state index contributed by atoms with van der Waals surface area (Å²) in [6.45, 7) is 3.38. The highest BCUT2D eigenvalue weighted by Gasteiger charge is 2.39. The van der Waals surface area contributed by atoms with Gasteiger partial charge in [0.2, 0.25) is 0 Å². The van der Waals surface area contributed by atoms with Gasteiger partial charge in [-0.05, 0) is 36.9 Å². The van der Waals surface area contributed by atoms with E-state index in [1.165, 1.54) is 70.8 Å². The molecule has 3 fully saturated rings. The summed E-state index contributed by atoms with van der Waals surface area (Å²) < 4.78 is 6.03. The Bertz CT molecular complexity index is 299. The molecule has 0 aromatic heterocycles. The minimum atomic E-state index is 0.485. The molecule has 0 spiro atoms. The van der Waals surface area contributed by atoms with Gasteiger partial charge in [-0.3, -0.25) is 4.90 Å². The van der Waals surface area contributed by atoms with Crippen molar-refractivity contribution < 1.29 is 4.74 Å². The van der Waals surface area contributed by atoms with Crippen LogP contribution in [-0.4, -0.2) is 42.5 Å². The monoisotopic (exact) mass is 297 g/mol. The van der Waals surface area contributed by atoms with E-state index in [0.717, 1.165) is 18.9 Å². The summed E-state index contributed by atoms with van der Waals surface area (Å²) in [5.74, 6) is 1.07. The number of morpholine rings is 1. The lowest BCUT2D eigenvalue weighted by Gasteiger charge is -2.47.